The Morgan fingerprint density at radius 3 is 2.44 bits per heavy atom. The van der Waals surface area contributed by atoms with Crippen LogP contribution >= 0.6 is 0 Å². The van der Waals surface area contributed by atoms with Crippen LogP contribution in [0.5, 0.6) is 0 Å². The molecule has 0 aliphatic heterocycles. The van der Waals surface area contributed by atoms with Gasteiger partial charge in [0.05, 0.1) is 5.92 Å². The van der Waals surface area contributed by atoms with Gasteiger partial charge in [-0.3, -0.25) is 4.79 Å². The number of carboxylic acids is 1. The molecule has 1 saturated carbocycles. The molecule has 4 nitrogen and oxygen atoms in total. The first-order chi connectivity index (χ1) is 8.51. The van der Waals surface area contributed by atoms with Crippen molar-refractivity contribution < 1.29 is 20.1 Å². The minimum Gasteiger partial charge on any atom is -0.481 e. The lowest BCUT2D eigenvalue weighted by Crippen LogP contribution is -2.37. The molecule has 0 amide bonds. The van der Waals surface area contributed by atoms with Crippen molar-refractivity contribution in [2.24, 2.45) is 23.2 Å². The Balaban J connectivity index is 2.93. The van der Waals surface area contributed by atoms with E-state index in [2.05, 4.69) is 6.92 Å². The number of carbonyl (C=O) groups is 1. The molecule has 1 unspecified atom stereocenters. The maximum Gasteiger partial charge on any atom is 0.307 e. The summed E-state index contributed by atoms with van der Waals surface area (Å²) in [6, 6.07) is 0. The van der Waals surface area contributed by atoms with E-state index in [9.17, 15) is 15.0 Å². The van der Waals surface area contributed by atoms with Crippen molar-refractivity contribution in [2.75, 3.05) is 13.2 Å². The van der Waals surface area contributed by atoms with Crippen LogP contribution in [0.25, 0.3) is 0 Å². The predicted molar refractivity (Wildman–Crippen MR) is 69.1 cm³/mol. The summed E-state index contributed by atoms with van der Waals surface area (Å²) in [6.07, 6.45) is 3.81. The molecule has 106 valence electrons. The lowest BCUT2D eigenvalue weighted by Gasteiger charge is -2.39. The Kier molecular flexibility index (Phi) is 5.60. The third kappa shape index (κ3) is 2.86. The lowest BCUT2D eigenvalue weighted by atomic mass is 9.66. The van der Waals surface area contributed by atoms with Crippen LogP contribution in [-0.2, 0) is 4.79 Å². The number of rotatable bonds is 7. The van der Waals surface area contributed by atoms with E-state index in [4.69, 9.17) is 5.11 Å². The van der Waals surface area contributed by atoms with Crippen LogP contribution in [0.2, 0.25) is 0 Å². The fraction of sp³-hybridized carbons (Fsp3) is 0.929. The minimum absolute atomic E-state index is 0.0341. The van der Waals surface area contributed by atoms with E-state index in [1.807, 2.05) is 6.92 Å². The van der Waals surface area contributed by atoms with Gasteiger partial charge in [0.15, 0.2) is 0 Å². The Bertz CT molecular complexity index is 279. The van der Waals surface area contributed by atoms with E-state index >= 15 is 0 Å². The number of hydrogen-bond acceptors (Lipinski definition) is 3. The average Bonchev–Trinajstić information content (AvgIpc) is 2.64. The van der Waals surface area contributed by atoms with Gasteiger partial charge in [0.1, 0.15) is 0 Å². The summed E-state index contributed by atoms with van der Waals surface area (Å²) in [7, 11) is 0. The molecular formula is C14H26O4. The quantitative estimate of drug-likeness (QED) is 0.651. The molecule has 0 radical (unpaired) electrons. The maximum absolute atomic E-state index is 11.4. The molecule has 4 atom stereocenters. The molecule has 0 saturated heterocycles. The SMILES string of the molecule is CCC(CCO)[C@@H]1CC[C@H](C(=O)O)[C@@]1(C)CCO. The van der Waals surface area contributed by atoms with Gasteiger partial charge in [0, 0.05) is 13.2 Å². The van der Waals surface area contributed by atoms with E-state index in [1.165, 1.54) is 0 Å². The molecular weight excluding hydrogens is 232 g/mol. The van der Waals surface area contributed by atoms with Crippen LogP contribution in [0, 0.1) is 23.2 Å². The topological polar surface area (TPSA) is 77.8 Å². The number of hydrogen-bond donors (Lipinski definition) is 3. The summed E-state index contributed by atoms with van der Waals surface area (Å²) < 4.78 is 0. The van der Waals surface area contributed by atoms with Gasteiger partial charge in [-0.15, -0.1) is 0 Å². The third-order valence-electron chi connectivity index (χ3n) is 4.95. The molecule has 1 aliphatic rings. The average molecular weight is 258 g/mol. The van der Waals surface area contributed by atoms with Gasteiger partial charge in [-0.25, -0.2) is 0 Å². The highest BCUT2D eigenvalue weighted by molar-refractivity contribution is 5.71. The van der Waals surface area contributed by atoms with Gasteiger partial charge in [-0.2, -0.15) is 0 Å². The third-order valence-corrected chi connectivity index (χ3v) is 4.95. The van der Waals surface area contributed by atoms with Crippen molar-refractivity contribution >= 4 is 5.97 Å². The highest BCUT2D eigenvalue weighted by atomic mass is 16.4. The molecule has 1 rings (SSSR count). The van der Waals surface area contributed by atoms with Crippen LogP contribution in [0.1, 0.15) is 46.0 Å². The van der Waals surface area contributed by atoms with E-state index in [1.54, 1.807) is 0 Å². The second-order valence-electron chi connectivity index (χ2n) is 5.73. The second kappa shape index (κ2) is 6.53. The first-order valence-electron chi connectivity index (χ1n) is 6.95. The second-order valence-corrected chi connectivity index (χ2v) is 5.73. The summed E-state index contributed by atoms with van der Waals surface area (Å²) in [4.78, 5) is 11.4. The van der Waals surface area contributed by atoms with Gasteiger partial charge in [0.2, 0.25) is 0 Å². The summed E-state index contributed by atoms with van der Waals surface area (Å²) in [5.74, 6) is -0.450. The fourth-order valence-electron chi connectivity index (χ4n) is 3.90. The molecule has 3 N–H and O–H groups in total. The maximum atomic E-state index is 11.4. The van der Waals surface area contributed by atoms with Crippen LogP contribution in [0.4, 0.5) is 0 Å². The Morgan fingerprint density at radius 2 is 2.00 bits per heavy atom. The molecule has 4 heteroatoms. The van der Waals surface area contributed by atoms with Gasteiger partial charge < -0.3 is 15.3 Å². The summed E-state index contributed by atoms with van der Waals surface area (Å²) >= 11 is 0. The molecule has 0 aromatic rings. The zero-order valence-corrected chi connectivity index (χ0v) is 11.4. The zero-order valence-electron chi connectivity index (χ0n) is 11.4. The number of carboxylic acid groups (broad SMARTS) is 1. The standard InChI is InChI=1S/C14H26O4/c1-3-10(6-8-15)11-4-5-12(13(17)18)14(11,2)7-9-16/h10-12,15-16H,3-9H2,1-2H3,(H,17,18)/t10?,11-,12+,14-/m0/s1. The van der Waals surface area contributed by atoms with E-state index in [-0.39, 0.29) is 24.5 Å². The highest BCUT2D eigenvalue weighted by Crippen LogP contribution is 2.54. The largest absolute Gasteiger partial charge is 0.481 e. The molecule has 0 heterocycles. The predicted octanol–water partition coefficient (Wildman–Crippen LogP) is 1.89. The molecule has 0 aromatic heterocycles. The zero-order chi connectivity index (χ0) is 13.8. The van der Waals surface area contributed by atoms with Gasteiger partial charge >= 0.3 is 5.97 Å². The lowest BCUT2D eigenvalue weighted by molar-refractivity contribution is -0.146. The first kappa shape index (κ1) is 15.4. The van der Waals surface area contributed by atoms with E-state index in [0.29, 0.717) is 24.7 Å². The minimum atomic E-state index is -0.743. The highest BCUT2D eigenvalue weighted by Gasteiger charge is 2.51. The van der Waals surface area contributed by atoms with E-state index in [0.717, 1.165) is 19.3 Å². The molecule has 0 bridgehead atoms. The molecule has 18 heavy (non-hydrogen) atoms. The van der Waals surface area contributed by atoms with Crippen LogP contribution in [0.15, 0.2) is 0 Å². The summed E-state index contributed by atoms with van der Waals surface area (Å²) in [5, 5.41) is 27.7. The normalized spacial score (nSPS) is 33.6. The van der Waals surface area contributed by atoms with Crippen molar-refractivity contribution in [1.82, 2.24) is 0 Å². The molecule has 1 fully saturated rings. The van der Waals surface area contributed by atoms with Crippen LogP contribution in [0.3, 0.4) is 0 Å². The van der Waals surface area contributed by atoms with Crippen LogP contribution in [-0.4, -0.2) is 34.5 Å². The molecule has 1 aliphatic carbocycles. The Labute approximate surface area is 109 Å². The monoisotopic (exact) mass is 258 g/mol. The van der Waals surface area contributed by atoms with Crippen molar-refractivity contribution in [3.63, 3.8) is 0 Å². The van der Waals surface area contributed by atoms with Crippen molar-refractivity contribution in [3.05, 3.63) is 0 Å². The van der Waals surface area contributed by atoms with Gasteiger partial charge in [-0.1, -0.05) is 20.3 Å². The first-order valence-corrected chi connectivity index (χ1v) is 6.95. The Morgan fingerprint density at radius 1 is 1.33 bits per heavy atom. The molecule has 0 spiro atoms. The fourth-order valence-corrected chi connectivity index (χ4v) is 3.90. The molecule has 0 aromatic carbocycles. The summed E-state index contributed by atoms with van der Waals surface area (Å²) in [5.41, 5.74) is -0.337. The van der Waals surface area contributed by atoms with Crippen molar-refractivity contribution in [2.45, 2.75) is 46.0 Å². The number of aliphatic hydroxyl groups is 2. The van der Waals surface area contributed by atoms with Gasteiger partial charge in [-0.05, 0) is 42.9 Å². The smallest absolute Gasteiger partial charge is 0.307 e. The van der Waals surface area contributed by atoms with Crippen molar-refractivity contribution in [3.8, 4) is 0 Å². The van der Waals surface area contributed by atoms with Crippen molar-refractivity contribution in [1.29, 1.82) is 0 Å². The van der Waals surface area contributed by atoms with Gasteiger partial charge in [0.25, 0.3) is 0 Å². The Hall–Kier alpha value is -0.610. The summed E-state index contributed by atoms with van der Waals surface area (Å²) in [6.45, 7) is 4.28. The van der Waals surface area contributed by atoms with E-state index < -0.39 is 5.97 Å². The number of aliphatic hydroxyl groups excluding tert-OH is 2. The van der Waals surface area contributed by atoms with Crippen LogP contribution < -0.4 is 0 Å². The number of aliphatic carboxylic acids is 1.